The number of rotatable bonds is 2. The minimum atomic E-state index is -2.73. The van der Waals surface area contributed by atoms with Crippen molar-refractivity contribution in [3.63, 3.8) is 0 Å². The van der Waals surface area contributed by atoms with Gasteiger partial charge in [-0.2, -0.15) is 0 Å². The number of nitrogens with zero attached hydrogens (tertiary/aromatic N) is 2. The Labute approximate surface area is 106 Å². The number of hydrogen-bond donors (Lipinski definition) is 1. The largest absolute Gasteiger partial charge is 0.477 e. The molecule has 90 valence electrons. The number of aromatic carboxylic acids is 1. The Morgan fingerprint density at radius 2 is 2.12 bits per heavy atom. The lowest BCUT2D eigenvalue weighted by Crippen LogP contribution is -1.97. The lowest BCUT2D eigenvalue weighted by Gasteiger charge is -2.03. The van der Waals surface area contributed by atoms with E-state index in [0.29, 0.717) is 10.2 Å². The van der Waals surface area contributed by atoms with Crippen LogP contribution in [0.2, 0.25) is 0 Å². The van der Waals surface area contributed by atoms with Gasteiger partial charge in [0.15, 0.2) is 0 Å². The van der Waals surface area contributed by atoms with E-state index in [-0.39, 0.29) is 14.9 Å². The molecule has 8 heteroatoms. The molecule has 2 aromatic rings. The van der Waals surface area contributed by atoms with Crippen LogP contribution < -0.4 is 0 Å². The maximum Gasteiger partial charge on any atom is 0.347 e. The van der Waals surface area contributed by atoms with Gasteiger partial charge < -0.3 is 5.11 Å². The summed E-state index contributed by atoms with van der Waals surface area (Å²) in [6.45, 7) is 1.47. The third-order valence-electron chi connectivity index (χ3n) is 2.24. The molecule has 0 aliphatic rings. The third-order valence-corrected chi connectivity index (χ3v) is 4.36. The lowest BCUT2D eigenvalue weighted by atomic mass is 10.1. The van der Waals surface area contributed by atoms with Crippen LogP contribution in [0.15, 0.2) is 4.47 Å². The molecule has 2 heterocycles. The van der Waals surface area contributed by atoms with Crippen LogP contribution in [0.25, 0.3) is 10.2 Å². The second-order valence-electron chi connectivity index (χ2n) is 3.24. The Hall–Kier alpha value is -1.15. The summed E-state index contributed by atoms with van der Waals surface area (Å²) in [5, 5.41) is 16.3. The van der Waals surface area contributed by atoms with Gasteiger partial charge in [0.1, 0.15) is 15.4 Å². The van der Waals surface area contributed by atoms with Gasteiger partial charge in [0.05, 0.1) is 4.47 Å². The van der Waals surface area contributed by atoms with Crippen molar-refractivity contribution in [2.75, 3.05) is 0 Å². The van der Waals surface area contributed by atoms with Crippen molar-refractivity contribution in [3.05, 3.63) is 20.6 Å². The molecule has 0 fully saturated rings. The highest BCUT2D eigenvalue weighted by Crippen LogP contribution is 2.38. The predicted octanol–water partition coefficient (Wildman–Crippen LogP) is 3.40. The Bertz CT molecular complexity index is 615. The average Bonchev–Trinajstić information content (AvgIpc) is 2.56. The summed E-state index contributed by atoms with van der Waals surface area (Å²) in [5.41, 5.74) is -0.173. The summed E-state index contributed by atoms with van der Waals surface area (Å²) in [6.07, 6.45) is -2.73. The van der Waals surface area contributed by atoms with Gasteiger partial charge in [0.25, 0.3) is 6.43 Å². The van der Waals surface area contributed by atoms with Crippen LogP contribution in [0.4, 0.5) is 8.78 Å². The highest BCUT2D eigenvalue weighted by Gasteiger charge is 2.23. The molecule has 4 nitrogen and oxygen atoms in total. The second kappa shape index (κ2) is 4.26. The molecular weight excluding hydrogens is 318 g/mol. The Kier molecular flexibility index (Phi) is 3.09. The van der Waals surface area contributed by atoms with Gasteiger partial charge in [0.2, 0.25) is 0 Å². The van der Waals surface area contributed by atoms with E-state index in [2.05, 4.69) is 26.1 Å². The topological polar surface area (TPSA) is 63.1 Å². The van der Waals surface area contributed by atoms with Crippen molar-refractivity contribution >= 4 is 43.5 Å². The van der Waals surface area contributed by atoms with Crippen LogP contribution in [0.3, 0.4) is 0 Å². The van der Waals surface area contributed by atoms with Gasteiger partial charge in [-0.3, -0.25) is 0 Å². The van der Waals surface area contributed by atoms with E-state index >= 15 is 0 Å². The summed E-state index contributed by atoms with van der Waals surface area (Å²) in [4.78, 5) is 11.3. The van der Waals surface area contributed by atoms with Crippen molar-refractivity contribution in [1.82, 2.24) is 10.2 Å². The summed E-state index contributed by atoms with van der Waals surface area (Å²) in [7, 11) is 0. The standard InChI is InChI=1S/C9H5BrF2N2O2S/c1-2-3-4(10)6(9(15)16)17-8(3)14-13-5(2)7(11)12/h7H,1H3,(H,15,16). The number of carboxylic acid groups (broad SMARTS) is 1. The molecule has 0 spiro atoms. The van der Waals surface area contributed by atoms with E-state index in [1.54, 1.807) is 0 Å². The number of fused-ring (bicyclic) bond motifs is 1. The second-order valence-corrected chi connectivity index (χ2v) is 5.03. The highest BCUT2D eigenvalue weighted by atomic mass is 79.9. The minimum Gasteiger partial charge on any atom is -0.477 e. The van der Waals surface area contributed by atoms with Crippen molar-refractivity contribution in [1.29, 1.82) is 0 Å². The summed E-state index contributed by atoms with van der Waals surface area (Å²) in [5.74, 6) is -1.13. The van der Waals surface area contributed by atoms with Gasteiger partial charge in [-0.05, 0) is 28.4 Å². The molecule has 1 N–H and O–H groups in total. The van der Waals surface area contributed by atoms with Crippen molar-refractivity contribution in [2.45, 2.75) is 13.3 Å². The van der Waals surface area contributed by atoms with Crippen LogP contribution in [0, 0.1) is 6.92 Å². The highest BCUT2D eigenvalue weighted by molar-refractivity contribution is 9.10. The van der Waals surface area contributed by atoms with E-state index in [0.717, 1.165) is 11.3 Å². The van der Waals surface area contributed by atoms with E-state index in [1.807, 2.05) is 0 Å². The Morgan fingerprint density at radius 1 is 1.47 bits per heavy atom. The zero-order valence-electron chi connectivity index (χ0n) is 8.37. The van der Waals surface area contributed by atoms with Gasteiger partial charge >= 0.3 is 5.97 Å². The normalized spacial score (nSPS) is 11.4. The molecule has 17 heavy (non-hydrogen) atoms. The molecule has 0 saturated carbocycles. The van der Waals surface area contributed by atoms with Crippen LogP contribution in [0.1, 0.15) is 27.4 Å². The van der Waals surface area contributed by atoms with Crippen molar-refractivity contribution in [3.8, 4) is 0 Å². The predicted molar refractivity (Wildman–Crippen MR) is 61.8 cm³/mol. The Balaban J connectivity index is 2.81. The molecule has 0 aliphatic heterocycles. The van der Waals surface area contributed by atoms with Gasteiger partial charge in [0, 0.05) is 5.39 Å². The summed E-state index contributed by atoms with van der Waals surface area (Å²) < 4.78 is 25.5. The molecule has 0 aromatic carbocycles. The molecule has 0 bridgehead atoms. The molecule has 0 aliphatic carbocycles. The fourth-order valence-electron chi connectivity index (χ4n) is 1.44. The number of halogens is 3. The van der Waals surface area contributed by atoms with Crippen LogP contribution in [-0.2, 0) is 0 Å². The zero-order chi connectivity index (χ0) is 12.7. The number of alkyl halides is 2. The summed E-state index contributed by atoms with van der Waals surface area (Å²) >= 11 is 4.01. The first-order chi connectivity index (χ1) is 7.93. The first kappa shape index (κ1) is 12.3. The lowest BCUT2D eigenvalue weighted by molar-refractivity contribution is 0.0701. The molecule has 2 aromatic heterocycles. The number of carbonyl (C=O) groups is 1. The van der Waals surface area contributed by atoms with Crippen LogP contribution in [-0.4, -0.2) is 21.3 Å². The third kappa shape index (κ3) is 1.91. The minimum absolute atomic E-state index is 0.0313. The summed E-state index contributed by atoms with van der Waals surface area (Å²) in [6, 6.07) is 0. The molecular formula is C9H5BrF2N2O2S. The monoisotopic (exact) mass is 322 g/mol. The van der Waals surface area contributed by atoms with Gasteiger partial charge in [-0.1, -0.05) is 0 Å². The molecule has 2 rings (SSSR count). The average molecular weight is 323 g/mol. The molecule has 0 amide bonds. The number of aryl methyl sites for hydroxylation is 1. The fourth-order valence-corrected chi connectivity index (χ4v) is 3.38. The SMILES string of the molecule is Cc1c(C(F)F)nnc2sc(C(=O)O)c(Br)c12. The molecule has 0 radical (unpaired) electrons. The number of hydrogen-bond acceptors (Lipinski definition) is 4. The van der Waals surface area contributed by atoms with Crippen LogP contribution in [0.5, 0.6) is 0 Å². The maximum absolute atomic E-state index is 12.6. The number of thiophene rings is 1. The van der Waals surface area contributed by atoms with E-state index < -0.39 is 18.1 Å². The smallest absolute Gasteiger partial charge is 0.347 e. The maximum atomic E-state index is 12.6. The van der Waals surface area contributed by atoms with Crippen molar-refractivity contribution in [2.24, 2.45) is 0 Å². The number of carboxylic acids is 1. The quantitative estimate of drug-likeness (QED) is 0.920. The Morgan fingerprint density at radius 3 is 2.65 bits per heavy atom. The fraction of sp³-hybridized carbons (Fsp3) is 0.222. The number of aromatic nitrogens is 2. The molecule has 0 saturated heterocycles. The van der Waals surface area contributed by atoms with Crippen molar-refractivity contribution < 1.29 is 18.7 Å². The zero-order valence-corrected chi connectivity index (χ0v) is 10.8. The first-order valence-corrected chi connectivity index (χ1v) is 6.01. The van der Waals surface area contributed by atoms with Crippen LogP contribution >= 0.6 is 27.3 Å². The van der Waals surface area contributed by atoms with Gasteiger partial charge in [-0.15, -0.1) is 21.5 Å². The van der Waals surface area contributed by atoms with E-state index in [4.69, 9.17) is 5.11 Å². The molecule has 0 unspecified atom stereocenters. The van der Waals surface area contributed by atoms with E-state index in [9.17, 15) is 13.6 Å². The van der Waals surface area contributed by atoms with E-state index in [1.165, 1.54) is 6.92 Å². The van der Waals surface area contributed by atoms with Gasteiger partial charge in [-0.25, -0.2) is 13.6 Å². The first-order valence-electron chi connectivity index (χ1n) is 4.40. The molecule has 0 atom stereocenters.